The van der Waals surface area contributed by atoms with E-state index in [9.17, 15) is 4.79 Å². The Labute approximate surface area is 167 Å². The van der Waals surface area contributed by atoms with Crippen molar-refractivity contribution in [2.75, 3.05) is 25.0 Å². The summed E-state index contributed by atoms with van der Waals surface area (Å²) in [5.41, 5.74) is 0.663. The Bertz CT molecular complexity index is 953. The number of rotatable bonds is 5. The van der Waals surface area contributed by atoms with E-state index >= 15 is 0 Å². The number of thiazole rings is 1. The van der Waals surface area contributed by atoms with Crippen molar-refractivity contribution in [3.8, 4) is 22.3 Å². The molecule has 1 N–H and O–H groups in total. The number of piperidine rings is 1. The molecule has 0 radical (unpaired) electrons. The highest BCUT2D eigenvalue weighted by atomic mass is 32.1. The van der Waals surface area contributed by atoms with Crippen LogP contribution >= 0.6 is 11.3 Å². The van der Waals surface area contributed by atoms with Gasteiger partial charge in [-0.2, -0.15) is 0 Å². The summed E-state index contributed by atoms with van der Waals surface area (Å²) < 4.78 is 5.67. The SMILES string of the molecule is Cc1ccc(-c2nc(NC(=O)CN3CCCC(C)C3)cc(-c3nccs3)n2)o1. The molecule has 1 unspecified atom stereocenters. The van der Waals surface area contributed by atoms with Gasteiger partial charge in [0, 0.05) is 24.2 Å². The molecule has 1 aliphatic heterocycles. The van der Waals surface area contributed by atoms with Crippen molar-refractivity contribution in [1.82, 2.24) is 19.9 Å². The average molecular weight is 398 g/mol. The number of amides is 1. The molecule has 1 aliphatic rings. The number of carbonyl (C=O) groups is 1. The summed E-state index contributed by atoms with van der Waals surface area (Å²) in [6.45, 7) is 6.39. The molecule has 7 nitrogen and oxygen atoms in total. The summed E-state index contributed by atoms with van der Waals surface area (Å²) >= 11 is 1.49. The molecular weight excluding hydrogens is 374 g/mol. The van der Waals surface area contributed by atoms with Gasteiger partial charge >= 0.3 is 0 Å². The molecule has 0 saturated carbocycles. The van der Waals surface area contributed by atoms with Crippen molar-refractivity contribution in [3.05, 3.63) is 35.5 Å². The number of likely N-dealkylation sites (tertiary alicyclic amines) is 1. The van der Waals surface area contributed by atoms with E-state index in [-0.39, 0.29) is 5.91 Å². The van der Waals surface area contributed by atoms with Gasteiger partial charge in [-0.1, -0.05) is 6.92 Å². The van der Waals surface area contributed by atoms with Gasteiger partial charge in [-0.15, -0.1) is 11.3 Å². The Morgan fingerprint density at radius 1 is 1.39 bits per heavy atom. The molecule has 146 valence electrons. The van der Waals surface area contributed by atoms with Crippen molar-refractivity contribution in [2.45, 2.75) is 26.7 Å². The molecule has 0 bridgehead atoms. The molecule has 4 rings (SSSR count). The molecule has 3 aromatic heterocycles. The maximum Gasteiger partial charge on any atom is 0.239 e. The number of carbonyl (C=O) groups excluding carboxylic acids is 1. The number of nitrogens with one attached hydrogen (secondary N) is 1. The first-order valence-electron chi connectivity index (χ1n) is 9.45. The van der Waals surface area contributed by atoms with E-state index in [4.69, 9.17) is 4.42 Å². The summed E-state index contributed by atoms with van der Waals surface area (Å²) in [6.07, 6.45) is 4.10. The predicted molar refractivity (Wildman–Crippen MR) is 109 cm³/mol. The molecule has 3 aromatic rings. The first-order chi connectivity index (χ1) is 13.6. The number of furan rings is 1. The lowest BCUT2D eigenvalue weighted by atomic mass is 10.0. The molecule has 1 saturated heterocycles. The van der Waals surface area contributed by atoms with Gasteiger partial charge < -0.3 is 9.73 Å². The molecule has 1 fully saturated rings. The minimum Gasteiger partial charge on any atom is -0.458 e. The van der Waals surface area contributed by atoms with E-state index in [2.05, 4.69) is 32.1 Å². The number of hydrogen-bond donors (Lipinski definition) is 1. The highest BCUT2D eigenvalue weighted by Gasteiger charge is 2.20. The van der Waals surface area contributed by atoms with Gasteiger partial charge in [0.05, 0.1) is 6.54 Å². The van der Waals surface area contributed by atoms with E-state index in [1.54, 1.807) is 12.3 Å². The van der Waals surface area contributed by atoms with Crippen molar-refractivity contribution < 1.29 is 9.21 Å². The first-order valence-corrected chi connectivity index (χ1v) is 10.3. The molecule has 1 atom stereocenters. The maximum atomic E-state index is 12.6. The van der Waals surface area contributed by atoms with Crippen LogP contribution in [0.3, 0.4) is 0 Å². The molecule has 4 heterocycles. The van der Waals surface area contributed by atoms with Crippen LogP contribution in [0.25, 0.3) is 22.3 Å². The Morgan fingerprint density at radius 3 is 3.00 bits per heavy atom. The van der Waals surface area contributed by atoms with Gasteiger partial charge in [0.1, 0.15) is 22.3 Å². The summed E-state index contributed by atoms with van der Waals surface area (Å²) in [5.74, 6) is 2.80. The van der Waals surface area contributed by atoms with Crippen LogP contribution in [0, 0.1) is 12.8 Å². The molecule has 0 aromatic carbocycles. The fraction of sp³-hybridized carbons (Fsp3) is 0.400. The second-order valence-corrected chi connectivity index (χ2v) is 8.13. The number of aryl methyl sites for hydroxylation is 1. The third-order valence-corrected chi connectivity index (χ3v) is 5.51. The fourth-order valence-electron chi connectivity index (χ4n) is 3.45. The highest BCUT2D eigenvalue weighted by molar-refractivity contribution is 7.13. The second-order valence-electron chi connectivity index (χ2n) is 7.24. The zero-order chi connectivity index (χ0) is 19.5. The van der Waals surface area contributed by atoms with Crippen LogP contribution in [-0.4, -0.2) is 45.4 Å². The first kappa shape index (κ1) is 18.8. The number of aromatic nitrogens is 3. The van der Waals surface area contributed by atoms with Crippen LogP contribution in [0.1, 0.15) is 25.5 Å². The van der Waals surface area contributed by atoms with Crippen LogP contribution in [0.15, 0.2) is 34.2 Å². The van der Waals surface area contributed by atoms with Gasteiger partial charge in [0.2, 0.25) is 5.91 Å². The van der Waals surface area contributed by atoms with Crippen molar-refractivity contribution in [2.24, 2.45) is 5.92 Å². The molecule has 28 heavy (non-hydrogen) atoms. The summed E-state index contributed by atoms with van der Waals surface area (Å²) in [5, 5.41) is 5.59. The smallest absolute Gasteiger partial charge is 0.239 e. The van der Waals surface area contributed by atoms with Crippen molar-refractivity contribution >= 4 is 23.1 Å². The van der Waals surface area contributed by atoms with Gasteiger partial charge in [0.15, 0.2) is 11.6 Å². The topological polar surface area (TPSA) is 84.2 Å². The summed E-state index contributed by atoms with van der Waals surface area (Å²) in [6, 6.07) is 5.45. The van der Waals surface area contributed by atoms with Crippen LogP contribution in [0.5, 0.6) is 0 Å². The van der Waals surface area contributed by atoms with Crippen LogP contribution in [0.4, 0.5) is 5.82 Å². The lowest BCUT2D eigenvalue weighted by Crippen LogP contribution is -2.39. The molecule has 1 amide bonds. The van der Waals surface area contributed by atoms with Crippen LogP contribution in [-0.2, 0) is 4.79 Å². The van der Waals surface area contributed by atoms with Crippen LogP contribution in [0.2, 0.25) is 0 Å². The van der Waals surface area contributed by atoms with E-state index in [0.29, 0.717) is 35.6 Å². The minimum atomic E-state index is -0.0699. The maximum absolute atomic E-state index is 12.6. The van der Waals surface area contributed by atoms with E-state index in [1.807, 2.05) is 24.4 Å². The van der Waals surface area contributed by atoms with Crippen LogP contribution < -0.4 is 5.32 Å². The molecule has 8 heteroatoms. The second kappa shape index (κ2) is 8.20. The Morgan fingerprint density at radius 2 is 2.29 bits per heavy atom. The van der Waals surface area contributed by atoms with E-state index in [1.165, 1.54) is 17.8 Å². The third-order valence-electron chi connectivity index (χ3n) is 4.71. The largest absolute Gasteiger partial charge is 0.458 e. The summed E-state index contributed by atoms with van der Waals surface area (Å²) in [7, 11) is 0. The molecular formula is C20H23N5O2S. The normalized spacial score (nSPS) is 17.6. The Balaban J connectivity index is 1.57. The quantitative estimate of drug-likeness (QED) is 0.704. The number of anilines is 1. The molecule has 0 spiro atoms. The fourth-order valence-corrected chi connectivity index (χ4v) is 4.05. The van der Waals surface area contributed by atoms with Crippen molar-refractivity contribution in [1.29, 1.82) is 0 Å². The Kier molecular flexibility index (Phi) is 5.50. The zero-order valence-corrected chi connectivity index (χ0v) is 16.8. The monoisotopic (exact) mass is 397 g/mol. The average Bonchev–Trinajstić information content (AvgIpc) is 3.33. The van der Waals surface area contributed by atoms with Crippen molar-refractivity contribution in [3.63, 3.8) is 0 Å². The lowest BCUT2D eigenvalue weighted by Gasteiger charge is -2.30. The number of nitrogens with zero attached hydrogens (tertiary/aromatic N) is 4. The standard InChI is InChI=1S/C20H23N5O2S/c1-13-4-3-8-25(11-13)12-18(26)23-17-10-15(20-21-7-9-28-20)22-19(24-17)16-6-5-14(2)27-16/h5-7,9-10,13H,3-4,8,11-12H2,1-2H3,(H,22,23,24,26). The lowest BCUT2D eigenvalue weighted by molar-refractivity contribution is -0.117. The minimum absolute atomic E-state index is 0.0699. The predicted octanol–water partition coefficient (Wildman–Crippen LogP) is 3.84. The van der Waals surface area contributed by atoms with Gasteiger partial charge in [-0.05, 0) is 44.4 Å². The van der Waals surface area contributed by atoms with E-state index in [0.717, 1.165) is 30.3 Å². The molecule has 0 aliphatic carbocycles. The highest BCUT2D eigenvalue weighted by Crippen LogP contribution is 2.26. The van der Waals surface area contributed by atoms with Gasteiger partial charge in [-0.25, -0.2) is 15.0 Å². The summed E-state index contributed by atoms with van der Waals surface area (Å²) in [4.78, 5) is 28.2. The number of hydrogen-bond acceptors (Lipinski definition) is 7. The van der Waals surface area contributed by atoms with Gasteiger partial charge in [0.25, 0.3) is 0 Å². The Hall–Kier alpha value is -2.58. The zero-order valence-electron chi connectivity index (χ0n) is 16.0. The van der Waals surface area contributed by atoms with E-state index < -0.39 is 0 Å². The van der Waals surface area contributed by atoms with Gasteiger partial charge in [-0.3, -0.25) is 9.69 Å². The third kappa shape index (κ3) is 4.45.